The summed E-state index contributed by atoms with van der Waals surface area (Å²) < 4.78 is 11.8. The number of urea groups is 1. The van der Waals surface area contributed by atoms with E-state index < -0.39 is 17.8 Å². The molecule has 0 unspecified atom stereocenters. The van der Waals surface area contributed by atoms with Crippen molar-refractivity contribution in [3.8, 4) is 11.5 Å². The van der Waals surface area contributed by atoms with Crippen molar-refractivity contribution in [3.63, 3.8) is 0 Å². The third-order valence-corrected chi connectivity index (χ3v) is 3.66. The molecule has 1 aliphatic rings. The standard InChI is InChI=1S/C15H15IN2O5/c1-7(2)23-12-10(16)5-8(6-11(12)22-3)4-9-13(19)17-15(21)18-14(9)20/h4-7H,1-3H3,(H2,17,18,19,20,21). The zero-order valence-electron chi connectivity index (χ0n) is 12.7. The highest BCUT2D eigenvalue weighted by atomic mass is 127. The maximum atomic E-state index is 11.8. The molecule has 1 aromatic carbocycles. The van der Waals surface area contributed by atoms with Gasteiger partial charge in [0, 0.05) is 0 Å². The van der Waals surface area contributed by atoms with E-state index in [0.717, 1.165) is 3.57 Å². The maximum absolute atomic E-state index is 11.8. The van der Waals surface area contributed by atoms with E-state index in [9.17, 15) is 14.4 Å². The highest BCUT2D eigenvalue weighted by Crippen LogP contribution is 2.35. The Morgan fingerprint density at radius 2 is 1.74 bits per heavy atom. The first-order chi connectivity index (χ1) is 10.8. The molecule has 1 fully saturated rings. The van der Waals surface area contributed by atoms with Gasteiger partial charge < -0.3 is 9.47 Å². The average Bonchev–Trinajstić information content (AvgIpc) is 2.44. The lowest BCUT2D eigenvalue weighted by molar-refractivity contribution is -0.123. The van der Waals surface area contributed by atoms with Crippen LogP contribution < -0.4 is 20.1 Å². The number of carbonyl (C=O) groups excluding carboxylic acids is 3. The second kappa shape index (κ2) is 6.99. The molecule has 2 rings (SSSR count). The van der Waals surface area contributed by atoms with Crippen LogP contribution in [0.5, 0.6) is 11.5 Å². The highest BCUT2D eigenvalue weighted by Gasteiger charge is 2.27. The van der Waals surface area contributed by atoms with E-state index >= 15 is 0 Å². The summed E-state index contributed by atoms with van der Waals surface area (Å²) in [5.74, 6) is -0.395. The summed E-state index contributed by atoms with van der Waals surface area (Å²) >= 11 is 2.09. The second-order valence-electron chi connectivity index (χ2n) is 5.00. The fraction of sp³-hybridized carbons (Fsp3) is 0.267. The maximum Gasteiger partial charge on any atom is 0.328 e. The molecule has 4 amide bonds. The number of hydrogen-bond donors (Lipinski definition) is 2. The second-order valence-corrected chi connectivity index (χ2v) is 6.16. The predicted octanol–water partition coefficient (Wildman–Crippen LogP) is 1.84. The number of nitrogens with one attached hydrogen (secondary N) is 2. The SMILES string of the molecule is COc1cc(C=C2C(=O)NC(=O)NC2=O)cc(I)c1OC(C)C. The van der Waals surface area contributed by atoms with Gasteiger partial charge in [-0.05, 0) is 60.2 Å². The first kappa shape index (κ1) is 17.3. The summed E-state index contributed by atoms with van der Waals surface area (Å²) in [6, 6.07) is 2.58. The first-order valence-corrected chi connectivity index (χ1v) is 7.82. The fourth-order valence-corrected chi connectivity index (χ4v) is 2.70. The number of imide groups is 2. The number of rotatable bonds is 4. The Kier molecular flexibility index (Phi) is 5.24. The van der Waals surface area contributed by atoms with Gasteiger partial charge >= 0.3 is 6.03 Å². The normalized spacial score (nSPS) is 14.5. The van der Waals surface area contributed by atoms with E-state index in [2.05, 4.69) is 22.6 Å². The van der Waals surface area contributed by atoms with Crippen LogP contribution in [0.4, 0.5) is 4.79 Å². The fourth-order valence-electron chi connectivity index (χ4n) is 1.95. The largest absolute Gasteiger partial charge is 0.493 e. The highest BCUT2D eigenvalue weighted by molar-refractivity contribution is 14.1. The van der Waals surface area contributed by atoms with Gasteiger partial charge in [-0.25, -0.2) is 4.79 Å². The van der Waals surface area contributed by atoms with E-state index in [0.29, 0.717) is 17.1 Å². The summed E-state index contributed by atoms with van der Waals surface area (Å²) in [5.41, 5.74) is 0.428. The van der Waals surface area contributed by atoms with Crippen molar-refractivity contribution in [1.29, 1.82) is 0 Å². The Hall–Kier alpha value is -2.10. The molecule has 0 atom stereocenters. The molecule has 0 spiro atoms. The Labute approximate surface area is 146 Å². The Morgan fingerprint density at radius 1 is 1.13 bits per heavy atom. The van der Waals surface area contributed by atoms with Gasteiger partial charge in [0.25, 0.3) is 11.8 Å². The average molecular weight is 430 g/mol. The third-order valence-electron chi connectivity index (χ3n) is 2.86. The van der Waals surface area contributed by atoms with Crippen LogP contribution in [-0.4, -0.2) is 31.1 Å². The number of barbiturate groups is 1. The van der Waals surface area contributed by atoms with Gasteiger partial charge in [-0.15, -0.1) is 0 Å². The van der Waals surface area contributed by atoms with E-state index in [4.69, 9.17) is 9.47 Å². The molecule has 23 heavy (non-hydrogen) atoms. The lowest BCUT2D eigenvalue weighted by Crippen LogP contribution is -2.51. The summed E-state index contributed by atoms with van der Waals surface area (Å²) in [5, 5.41) is 4.05. The molecular weight excluding hydrogens is 415 g/mol. The molecule has 122 valence electrons. The number of ether oxygens (including phenoxy) is 2. The minimum atomic E-state index is -0.829. The van der Waals surface area contributed by atoms with Crippen molar-refractivity contribution in [2.45, 2.75) is 20.0 Å². The van der Waals surface area contributed by atoms with E-state index in [1.54, 1.807) is 12.1 Å². The number of methoxy groups -OCH3 is 1. The van der Waals surface area contributed by atoms with Gasteiger partial charge in [-0.2, -0.15) is 0 Å². The van der Waals surface area contributed by atoms with Crippen molar-refractivity contribution < 1.29 is 23.9 Å². The molecule has 0 aromatic heterocycles. The molecule has 1 saturated heterocycles. The quantitative estimate of drug-likeness (QED) is 0.432. The molecule has 7 nitrogen and oxygen atoms in total. The van der Waals surface area contributed by atoms with E-state index in [1.807, 2.05) is 24.5 Å². The molecular formula is C15H15IN2O5. The first-order valence-electron chi connectivity index (χ1n) is 6.74. The molecule has 0 aliphatic carbocycles. The van der Waals surface area contributed by atoms with Crippen LogP contribution in [0, 0.1) is 3.57 Å². The van der Waals surface area contributed by atoms with Crippen molar-refractivity contribution >= 4 is 46.5 Å². The number of benzene rings is 1. The molecule has 0 radical (unpaired) electrons. The molecule has 0 bridgehead atoms. The molecule has 1 aliphatic heterocycles. The molecule has 1 aromatic rings. The molecule has 0 saturated carbocycles. The minimum absolute atomic E-state index is 0.0254. The summed E-state index contributed by atoms with van der Waals surface area (Å²) in [6.07, 6.45) is 1.36. The van der Waals surface area contributed by atoms with E-state index in [-0.39, 0.29) is 11.7 Å². The van der Waals surface area contributed by atoms with Crippen LogP contribution in [-0.2, 0) is 9.59 Å². The molecule has 2 N–H and O–H groups in total. The summed E-state index contributed by atoms with van der Waals surface area (Å²) in [4.78, 5) is 34.6. The number of amides is 4. The lowest BCUT2D eigenvalue weighted by atomic mass is 10.1. The lowest BCUT2D eigenvalue weighted by Gasteiger charge is -2.17. The number of hydrogen-bond acceptors (Lipinski definition) is 5. The topological polar surface area (TPSA) is 93.7 Å². The van der Waals surface area contributed by atoms with E-state index in [1.165, 1.54) is 13.2 Å². The van der Waals surface area contributed by atoms with Crippen LogP contribution in [0.3, 0.4) is 0 Å². The summed E-state index contributed by atoms with van der Waals surface area (Å²) in [7, 11) is 1.51. The van der Waals surface area contributed by atoms with Gasteiger partial charge in [-0.3, -0.25) is 20.2 Å². The van der Waals surface area contributed by atoms with Gasteiger partial charge in [0.05, 0.1) is 16.8 Å². The molecule has 1 heterocycles. The third kappa shape index (κ3) is 4.01. The van der Waals surface area contributed by atoms with Gasteiger partial charge in [-0.1, -0.05) is 0 Å². The number of halogens is 1. The van der Waals surface area contributed by atoms with Crippen molar-refractivity contribution in [2.75, 3.05) is 7.11 Å². The zero-order chi connectivity index (χ0) is 17.1. The minimum Gasteiger partial charge on any atom is -0.493 e. The zero-order valence-corrected chi connectivity index (χ0v) is 14.9. The Morgan fingerprint density at radius 3 is 2.26 bits per heavy atom. The van der Waals surface area contributed by atoms with Gasteiger partial charge in [0.15, 0.2) is 11.5 Å². The monoisotopic (exact) mass is 430 g/mol. The van der Waals surface area contributed by atoms with Gasteiger partial charge in [0.1, 0.15) is 5.57 Å². The van der Waals surface area contributed by atoms with Crippen molar-refractivity contribution in [2.24, 2.45) is 0 Å². The molecule has 8 heteroatoms. The van der Waals surface area contributed by atoms with Crippen LogP contribution in [0.2, 0.25) is 0 Å². The smallest absolute Gasteiger partial charge is 0.328 e. The van der Waals surface area contributed by atoms with Crippen molar-refractivity contribution in [1.82, 2.24) is 10.6 Å². The van der Waals surface area contributed by atoms with Crippen LogP contribution in [0.15, 0.2) is 17.7 Å². The predicted molar refractivity (Wildman–Crippen MR) is 91.1 cm³/mol. The van der Waals surface area contributed by atoms with Crippen LogP contribution in [0.1, 0.15) is 19.4 Å². The van der Waals surface area contributed by atoms with Crippen molar-refractivity contribution in [3.05, 3.63) is 26.8 Å². The number of carbonyl (C=O) groups is 3. The van der Waals surface area contributed by atoms with Crippen LogP contribution in [0.25, 0.3) is 6.08 Å². The van der Waals surface area contributed by atoms with Gasteiger partial charge in [0.2, 0.25) is 0 Å². The summed E-state index contributed by atoms with van der Waals surface area (Å²) in [6.45, 7) is 3.80. The Bertz CT molecular complexity index is 690. The Balaban J connectivity index is 2.43. The van der Waals surface area contributed by atoms with Crippen LogP contribution >= 0.6 is 22.6 Å².